The zero-order valence-electron chi connectivity index (χ0n) is 23.4. The molecule has 2 N–H and O–H groups in total. The van der Waals surface area contributed by atoms with E-state index in [1.807, 2.05) is 48.5 Å². The van der Waals surface area contributed by atoms with Crippen LogP contribution in [0.2, 0.25) is 0 Å². The van der Waals surface area contributed by atoms with Crippen LogP contribution in [0, 0.1) is 5.41 Å². The van der Waals surface area contributed by atoms with Crippen molar-refractivity contribution < 1.29 is 23.1 Å². The molecule has 0 aliphatic heterocycles. The van der Waals surface area contributed by atoms with E-state index >= 15 is 0 Å². The maximum absolute atomic E-state index is 13.9. The molecule has 9 heteroatoms. The predicted octanol–water partition coefficient (Wildman–Crippen LogP) is 5.95. The molecule has 1 aliphatic carbocycles. The van der Waals surface area contributed by atoms with Gasteiger partial charge >= 0.3 is 0 Å². The van der Waals surface area contributed by atoms with Crippen molar-refractivity contribution in [3.05, 3.63) is 90.1 Å². The zero-order valence-corrected chi connectivity index (χ0v) is 25.0. The summed E-state index contributed by atoms with van der Waals surface area (Å²) in [5.74, 6) is 0.928. The summed E-state index contributed by atoms with van der Waals surface area (Å²) in [5.41, 5.74) is 1.51. The predicted molar refractivity (Wildman–Crippen MR) is 163 cm³/mol. The van der Waals surface area contributed by atoms with Crippen molar-refractivity contribution in [3.8, 4) is 5.75 Å². The van der Waals surface area contributed by atoms with Crippen molar-refractivity contribution in [3.63, 3.8) is 0 Å². The monoisotopic (exact) mass is 592 g/mol. The Morgan fingerprint density at radius 1 is 1.07 bits per heavy atom. The first kappa shape index (κ1) is 29.2. The van der Waals surface area contributed by atoms with Crippen molar-refractivity contribution in [2.45, 2.75) is 54.9 Å². The average molecular weight is 593 g/mol. The van der Waals surface area contributed by atoms with Crippen molar-refractivity contribution in [1.82, 2.24) is 9.29 Å². The Morgan fingerprint density at radius 2 is 1.78 bits per heavy atom. The maximum Gasteiger partial charge on any atom is 0.268 e. The van der Waals surface area contributed by atoms with E-state index in [-0.39, 0.29) is 10.8 Å². The number of benzene rings is 3. The topological polar surface area (TPSA) is 97.6 Å². The molecule has 5 rings (SSSR count). The highest BCUT2D eigenvalue weighted by Crippen LogP contribution is 2.52. The summed E-state index contributed by atoms with van der Waals surface area (Å²) in [6, 6.07) is 23.6. The van der Waals surface area contributed by atoms with Gasteiger partial charge in [-0.15, -0.1) is 11.8 Å². The van der Waals surface area contributed by atoms with Crippen LogP contribution in [0.4, 0.5) is 0 Å². The van der Waals surface area contributed by atoms with Crippen LogP contribution in [-0.4, -0.2) is 42.8 Å². The molecule has 1 heterocycles. The Bertz CT molecular complexity index is 1620. The van der Waals surface area contributed by atoms with Crippen LogP contribution in [0.15, 0.2) is 88.7 Å². The molecule has 3 aromatic carbocycles. The van der Waals surface area contributed by atoms with Gasteiger partial charge in [0.1, 0.15) is 5.75 Å². The lowest BCUT2D eigenvalue weighted by Crippen LogP contribution is -2.35. The molecule has 1 aliphatic rings. The number of thioether (sulfide) groups is 1. The van der Waals surface area contributed by atoms with Gasteiger partial charge in [0.2, 0.25) is 5.91 Å². The second-order valence-corrected chi connectivity index (χ2v) is 13.3. The molecular weight excluding hydrogens is 556 g/mol. The van der Waals surface area contributed by atoms with E-state index in [4.69, 9.17) is 4.74 Å². The number of aromatic nitrogens is 1. The van der Waals surface area contributed by atoms with Gasteiger partial charge in [-0.1, -0.05) is 43.3 Å². The Kier molecular flexibility index (Phi) is 8.77. The largest absolute Gasteiger partial charge is 0.497 e. The van der Waals surface area contributed by atoms with E-state index in [1.165, 1.54) is 15.7 Å². The molecule has 0 spiro atoms. The molecule has 2 atom stereocenters. The van der Waals surface area contributed by atoms with E-state index in [1.54, 1.807) is 37.4 Å². The molecule has 0 saturated heterocycles. The summed E-state index contributed by atoms with van der Waals surface area (Å²) < 4.78 is 34.5. The summed E-state index contributed by atoms with van der Waals surface area (Å²) in [4.78, 5) is 13.6. The summed E-state index contributed by atoms with van der Waals surface area (Å²) in [7, 11) is -2.37. The minimum Gasteiger partial charge on any atom is -0.497 e. The SMILES string of the molecule is CC[C@@]1(CCCNC(=O)CSc2ccccc2)CCc2c(c3ccccc3n2S(=O)(=O)c2ccc(OC)cc2)C1O. The quantitative estimate of drug-likeness (QED) is 0.165. The highest BCUT2D eigenvalue weighted by molar-refractivity contribution is 8.00. The molecule has 4 aromatic rings. The van der Waals surface area contributed by atoms with Crippen molar-refractivity contribution in [2.24, 2.45) is 5.41 Å². The molecule has 0 saturated carbocycles. The van der Waals surface area contributed by atoms with Crippen LogP contribution in [-0.2, 0) is 21.2 Å². The van der Waals surface area contributed by atoms with Gasteiger partial charge in [-0.05, 0) is 74.6 Å². The Balaban J connectivity index is 1.35. The van der Waals surface area contributed by atoms with Crippen molar-refractivity contribution >= 4 is 38.6 Å². The van der Waals surface area contributed by atoms with Crippen LogP contribution in [0.1, 0.15) is 50.0 Å². The molecule has 0 radical (unpaired) electrons. The minimum atomic E-state index is -3.91. The number of amides is 1. The van der Waals surface area contributed by atoms with E-state index in [9.17, 15) is 18.3 Å². The third kappa shape index (κ3) is 5.76. The number of hydrogen-bond acceptors (Lipinski definition) is 6. The number of nitrogens with one attached hydrogen (secondary N) is 1. The van der Waals surface area contributed by atoms with Crippen LogP contribution < -0.4 is 10.1 Å². The van der Waals surface area contributed by atoms with Crippen LogP contribution in [0.25, 0.3) is 10.9 Å². The van der Waals surface area contributed by atoms with Gasteiger partial charge in [0, 0.05) is 33.5 Å². The lowest BCUT2D eigenvalue weighted by Gasteiger charge is -2.41. The van der Waals surface area contributed by atoms with E-state index < -0.39 is 21.5 Å². The maximum atomic E-state index is 13.9. The second kappa shape index (κ2) is 12.3. The van der Waals surface area contributed by atoms with Gasteiger partial charge in [0.25, 0.3) is 10.0 Å². The summed E-state index contributed by atoms with van der Waals surface area (Å²) in [5, 5.41) is 15.7. The number of aliphatic hydroxyl groups is 1. The lowest BCUT2D eigenvalue weighted by molar-refractivity contribution is -0.118. The number of rotatable bonds is 11. The highest BCUT2D eigenvalue weighted by atomic mass is 32.2. The molecule has 0 bridgehead atoms. The van der Waals surface area contributed by atoms with Crippen molar-refractivity contribution in [2.75, 3.05) is 19.4 Å². The molecule has 1 unspecified atom stereocenters. The first-order valence-corrected chi connectivity index (χ1v) is 16.4. The Labute approximate surface area is 246 Å². The Hall–Kier alpha value is -3.27. The fourth-order valence-corrected chi connectivity index (χ4v) is 8.30. The zero-order chi connectivity index (χ0) is 29.0. The van der Waals surface area contributed by atoms with Gasteiger partial charge in [-0.3, -0.25) is 4.79 Å². The number of hydrogen-bond donors (Lipinski definition) is 2. The smallest absolute Gasteiger partial charge is 0.268 e. The van der Waals surface area contributed by atoms with E-state index in [2.05, 4.69) is 12.2 Å². The van der Waals surface area contributed by atoms with Gasteiger partial charge in [-0.2, -0.15) is 0 Å². The number of fused-ring (bicyclic) bond motifs is 3. The number of ether oxygens (including phenoxy) is 1. The molecule has 41 heavy (non-hydrogen) atoms. The fourth-order valence-electron chi connectivity index (χ4n) is 5.96. The summed E-state index contributed by atoms with van der Waals surface area (Å²) in [6.45, 7) is 2.61. The van der Waals surface area contributed by atoms with Crippen LogP contribution >= 0.6 is 11.8 Å². The van der Waals surface area contributed by atoms with E-state index in [0.717, 1.165) is 29.5 Å². The molecule has 216 valence electrons. The minimum absolute atomic E-state index is 0.0114. The van der Waals surface area contributed by atoms with Gasteiger partial charge in [0.05, 0.1) is 29.4 Å². The summed E-state index contributed by atoms with van der Waals surface area (Å²) in [6.07, 6.45) is 2.56. The number of para-hydroxylation sites is 1. The summed E-state index contributed by atoms with van der Waals surface area (Å²) >= 11 is 1.51. The third-order valence-corrected chi connectivity index (χ3v) is 11.0. The lowest BCUT2D eigenvalue weighted by atomic mass is 9.66. The molecule has 1 amide bonds. The number of aliphatic hydroxyl groups excluding tert-OH is 1. The number of carbonyl (C=O) groups is 1. The molecule has 0 fully saturated rings. The van der Waals surface area contributed by atoms with Gasteiger partial charge in [-0.25, -0.2) is 12.4 Å². The number of methoxy groups -OCH3 is 1. The first-order valence-electron chi connectivity index (χ1n) is 13.9. The van der Waals surface area contributed by atoms with Crippen molar-refractivity contribution in [1.29, 1.82) is 0 Å². The molecule has 7 nitrogen and oxygen atoms in total. The van der Waals surface area contributed by atoms with Gasteiger partial charge in [0.15, 0.2) is 0 Å². The van der Waals surface area contributed by atoms with Crippen LogP contribution in [0.3, 0.4) is 0 Å². The normalized spacial score (nSPS) is 18.7. The first-order chi connectivity index (χ1) is 19.8. The average Bonchev–Trinajstić information content (AvgIpc) is 3.35. The molecular formula is C32H36N2O5S2. The van der Waals surface area contributed by atoms with Crippen LogP contribution in [0.5, 0.6) is 5.75 Å². The third-order valence-electron chi connectivity index (χ3n) is 8.27. The second-order valence-electron chi connectivity index (χ2n) is 10.5. The van der Waals surface area contributed by atoms with Gasteiger partial charge < -0.3 is 15.2 Å². The fraction of sp³-hybridized carbons (Fsp3) is 0.344. The number of carbonyl (C=O) groups excluding carboxylic acids is 1. The molecule has 1 aromatic heterocycles. The van der Waals surface area contributed by atoms with E-state index in [0.29, 0.717) is 47.7 Å². The highest BCUT2D eigenvalue weighted by Gasteiger charge is 2.44. The standard InChI is InChI=1S/C32H36N2O5S2/c1-3-32(19-9-21-33-29(35)22-40-24-10-5-4-6-11-24)20-18-28-30(31(32)36)26-12-7-8-13-27(26)34(28)41(37,38)25-16-14-23(39-2)15-17-25/h4-8,10-17,31,36H,3,9,18-22H2,1-2H3,(H,33,35)/t31?,32-/m1/s1. The number of nitrogens with zero attached hydrogens (tertiary/aromatic N) is 1. The Morgan fingerprint density at radius 3 is 2.49 bits per heavy atom.